The normalized spacial score (nSPS) is 12.2. The Morgan fingerprint density at radius 1 is 1.36 bits per heavy atom. The molecule has 2 aromatic rings. The molecule has 0 aromatic carbocycles. The van der Waals surface area contributed by atoms with E-state index in [4.69, 9.17) is 9.47 Å². The first-order chi connectivity index (χ1) is 11.9. The summed E-state index contributed by atoms with van der Waals surface area (Å²) in [5.41, 5.74) is 0.164. The van der Waals surface area contributed by atoms with Crippen LogP contribution in [0.15, 0.2) is 11.1 Å². The smallest absolute Gasteiger partial charge is 0.348 e. The van der Waals surface area contributed by atoms with Crippen molar-refractivity contribution in [3.8, 4) is 0 Å². The molecule has 0 bridgehead atoms. The SMILES string of the molecule is CCCOC(=O)Cn1cnc2sc(C(=O)OC(C)CC)c(C)c2c1=O. The minimum Gasteiger partial charge on any atom is -0.464 e. The summed E-state index contributed by atoms with van der Waals surface area (Å²) < 4.78 is 11.5. The molecule has 1 unspecified atom stereocenters. The van der Waals surface area contributed by atoms with Gasteiger partial charge in [-0.15, -0.1) is 11.3 Å². The average molecular weight is 366 g/mol. The van der Waals surface area contributed by atoms with Gasteiger partial charge in [-0.1, -0.05) is 13.8 Å². The Morgan fingerprint density at radius 3 is 2.72 bits per heavy atom. The molecule has 2 aromatic heterocycles. The molecule has 2 heterocycles. The number of aromatic nitrogens is 2. The highest BCUT2D eigenvalue weighted by Gasteiger charge is 2.22. The van der Waals surface area contributed by atoms with E-state index in [1.165, 1.54) is 10.9 Å². The van der Waals surface area contributed by atoms with Crippen LogP contribution in [0.3, 0.4) is 0 Å². The van der Waals surface area contributed by atoms with Crippen LogP contribution in [0.1, 0.15) is 48.8 Å². The third-order valence-electron chi connectivity index (χ3n) is 3.75. The second-order valence-corrected chi connectivity index (χ2v) is 6.76. The minimum absolute atomic E-state index is 0.199. The Morgan fingerprint density at radius 2 is 2.08 bits per heavy atom. The average Bonchev–Trinajstić information content (AvgIpc) is 2.93. The maximum Gasteiger partial charge on any atom is 0.348 e. The molecule has 136 valence electrons. The number of rotatable bonds is 7. The quantitative estimate of drug-likeness (QED) is 0.700. The first-order valence-electron chi connectivity index (χ1n) is 8.24. The summed E-state index contributed by atoms with van der Waals surface area (Å²) in [4.78, 5) is 41.7. The van der Waals surface area contributed by atoms with Crippen LogP contribution < -0.4 is 5.56 Å². The summed E-state index contributed by atoms with van der Waals surface area (Å²) in [5.74, 6) is -0.947. The lowest BCUT2D eigenvalue weighted by molar-refractivity contribution is -0.144. The molecule has 0 amide bonds. The zero-order valence-corrected chi connectivity index (χ0v) is 15.6. The molecule has 0 saturated heterocycles. The Kier molecular flexibility index (Phi) is 6.30. The molecule has 8 heteroatoms. The van der Waals surface area contributed by atoms with Crippen molar-refractivity contribution in [2.45, 2.75) is 53.2 Å². The third kappa shape index (κ3) is 4.25. The number of nitrogens with zero attached hydrogens (tertiary/aromatic N) is 2. The van der Waals surface area contributed by atoms with Crippen LogP contribution in [0.25, 0.3) is 10.2 Å². The van der Waals surface area contributed by atoms with Crippen molar-refractivity contribution in [3.05, 3.63) is 27.1 Å². The van der Waals surface area contributed by atoms with Gasteiger partial charge in [0, 0.05) is 0 Å². The largest absolute Gasteiger partial charge is 0.464 e. The Bertz CT molecular complexity index is 839. The van der Waals surface area contributed by atoms with Gasteiger partial charge in [-0.05, 0) is 32.3 Å². The van der Waals surface area contributed by atoms with Crippen molar-refractivity contribution in [1.29, 1.82) is 0 Å². The van der Waals surface area contributed by atoms with Gasteiger partial charge in [0.05, 0.1) is 24.4 Å². The molecular formula is C17H22N2O5S. The van der Waals surface area contributed by atoms with Crippen LogP contribution in [-0.2, 0) is 20.8 Å². The Balaban J connectivity index is 2.35. The highest BCUT2D eigenvalue weighted by atomic mass is 32.1. The van der Waals surface area contributed by atoms with E-state index in [1.807, 2.05) is 20.8 Å². The van der Waals surface area contributed by atoms with E-state index in [0.717, 1.165) is 11.3 Å². The molecule has 0 N–H and O–H groups in total. The molecular weight excluding hydrogens is 344 g/mol. The fourth-order valence-corrected chi connectivity index (χ4v) is 3.21. The maximum absolute atomic E-state index is 12.6. The summed E-state index contributed by atoms with van der Waals surface area (Å²) >= 11 is 1.12. The number of carbonyl (C=O) groups excluding carboxylic acids is 2. The molecule has 25 heavy (non-hydrogen) atoms. The van der Waals surface area contributed by atoms with Crippen LogP contribution in [-0.4, -0.2) is 34.2 Å². The van der Waals surface area contributed by atoms with Gasteiger partial charge in [-0.3, -0.25) is 14.2 Å². The van der Waals surface area contributed by atoms with Crippen molar-refractivity contribution in [1.82, 2.24) is 9.55 Å². The molecule has 0 spiro atoms. The van der Waals surface area contributed by atoms with Gasteiger partial charge in [0.2, 0.25) is 0 Å². The number of esters is 2. The second-order valence-electron chi connectivity index (χ2n) is 5.76. The van der Waals surface area contributed by atoms with Gasteiger partial charge in [0.15, 0.2) is 0 Å². The Labute approximate surface area is 149 Å². The van der Waals surface area contributed by atoms with E-state index in [1.54, 1.807) is 6.92 Å². The van der Waals surface area contributed by atoms with Crippen LogP contribution in [0, 0.1) is 6.92 Å². The van der Waals surface area contributed by atoms with Gasteiger partial charge in [0.1, 0.15) is 16.3 Å². The standard InChI is InChI=1S/C17H22N2O5S/c1-5-7-23-12(20)8-19-9-18-15-13(16(19)21)11(4)14(25-15)17(22)24-10(3)6-2/h9-10H,5-8H2,1-4H3. The summed E-state index contributed by atoms with van der Waals surface area (Å²) in [6, 6.07) is 0. The van der Waals surface area contributed by atoms with E-state index < -0.39 is 11.9 Å². The second kappa shape index (κ2) is 8.24. The first-order valence-corrected chi connectivity index (χ1v) is 9.05. The summed E-state index contributed by atoms with van der Waals surface area (Å²) in [7, 11) is 0. The predicted octanol–water partition coefficient (Wildman–Crippen LogP) is 2.67. The molecule has 0 aliphatic carbocycles. The van der Waals surface area contributed by atoms with E-state index in [2.05, 4.69) is 4.98 Å². The van der Waals surface area contributed by atoms with Gasteiger partial charge in [-0.2, -0.15) is 0 Å². The lowest BCUT2D eigenvalue weighted by atomic mass is 10.2. The highest BCUT2D eigenvalue weighted by Crippen LogP contribution is 2.27. The molecule has 0 saturated carbocycles. The highest BCUT2D eigenvalue weighted by molar-refractivity contribution is 7.20. The number of aryl methyl sites for hydroxylation is 1. The van der Waals surface area contributed by atoms with Gasteiger partial charge >= 0.3 is 11.9 Å². The molecule has 0 radical (unpaired) electrons. The van der Waals surface area contributed by atoms with Crippen molar-refractivity contribution >= 4 is 33.5 Å². The topological polar surface area (TPSA) is 87.5 Å². The Hall–Kier alpha value is -2.22. The van der Waals surface area contributed by atoms with E-state index in [0.29, 0.717) is 40.1 Å². The third-order valence-corrected chi connectivity index (χ3v) is 4.93. The fraction of sp³-hybridized carbons (Fsp3) is 0.529. The number of fused-ring (bicyclic) bond motifs is 1. The van der Waals surface area contributed by atoms with Crippen molar-refractivity contribution in [2.75, 3.05) is 6.61 Å². The zero-order chi connectivity index (χ0) is 18.6. The number of hydrogen-bond donors (Lipinski definition) is 0. The van der Waals surface area contributed by atoms with Crippen LogP contribution in [0.2, 0.25) is 0 Å². The summed E-state index contributed by atoms with van der Waals surface area (Å²) in [5, 5.41) is 0.340. The van der Waals surface area contributed by atoms with Crippen LogP contribution in [0.5, 0.6) is 0 Å². The first kappa shape index (κ1) is 19.1. The van der Waals surface area contributed by atoms with E-state index in [9.17, 15) is 14.4 Å². The number of carbonyl (C=O) groups is 2. The van der Waals surface area contributed by atoms with Gasteiger partial charge in [-0.25, -0.2) is 9.78 Å². The molecule has 0 aliphatic heterocycles. The lowest BCUT2D eigenvalue weighted by Gasteiger charge is -2.09. The zero-order valence-electron chi connectivity index (χ0n) is 14.8. The van der Waals surface area contributed by atoms with E-state index >= 15 is 0 Å². The van der Waals surface area contributed by atoms with Gasteiger partial charge in [0.25, 0.3) is 5.56 Å². The summed E-state index contributed by atoms with van der Waals surface area (Å²) in [6.07, 6.45) is 2.52. The summed E-state index contributed by atoms with van der Waals surface area (Å²) in [6.45, 7) is 7.42. The molecule has 1 atom stereocenters. The number of thiophene rings is 1. The van der Waals surface area contributed by atoms with Crippen molar-refractivity contribution in [2.24, 2.45) is 0 Å². The molecule has 0 fully saturated rings. The number of ether oxygens (including phenoxy) is 2. The molecule has 7 nitrogen and oxygen atoms in total. The number of hydrogen-bond acceptors (Lipinski definition) is 7. The van der Waals surface area contributed by atoms with Crippen LogP contribution >= 0.6 is 11.3 Å². The minimum atomic E-state index is -0.491. The molecule has 0 aliphatic rings. The van der Waals surface area contributed by atoms with Crippen LogP contribution in [0.4, 0.5) is 0 Å². The fourth-order valence-electron chi connectivity index (χ4n) is 2.19. The maximum atomic E-state index is 12.6. The van der Waals surface area contributed by atoms with Crippen molar-refractivity contribution in [3.63, 3.8) is 0 Å². The van der Waals surface area contributed by atoms with Crippen molar-refractivity contribution < 1.29 is 19.1 Å². The lowest BCUT2D eigenvalue weighted by Crippen LogP contribution is -2.25. The van der Waals surface area contributed by atoms with E-state index in [-0.39, 0.29) is 18.2 Å². The molecule has 2 rings (SSSR count). The predicted molar refractivity (Wildman–Crippen MR) is 95.0 cm³/mol. The monoisotopic (exact) mass is 366 g/mol. The van der Waals surface area contributed by atoms with Gasteiger partial charge < -0.3 is 9.47 Å².